The van der Waals surface area contributed by atoms with Crippen molar-refractivity contribution in [3.8, 4) is 11.4 Å². The molecule has 0 aromatic carbocycles. The summed E-state index contributed by atoms with van der Waals surface area (Å²) in [5, 5.41) is 4.40. The normalized spacial score (nSPS) is 18.2. The monoisotopic (exact) mass is 313 g/mol. The summed E-state index contributed by atoms with van der Waals surface area (Å²) in [6.07, 6.45) is 8.35. The largest absolute Gasteiger partial charge is 0.342 e. The Morgan fingerprint density at radius 3 is 2.91 bits per heavy atom. The van der Waals surface area contributed by atoms with E-state index in [-0.39, 0.29) is 11.8 Å². The lowest BCUT2D eigenvalue weighted by Crippen LogP contribution is -2.38. The molecule has 3 heterocycles. The number of carbonyl (C=O) groups excluding carboxylic acids is 1. The molecule has 0 saturated carbocycles. The van der Waals surface area contributed by atoms with E-state index in [0.717, 1.165) is 56.0 Å². The molecule has 0 radical (unpaired) electrons. The zero-order chi connectivity index (χ0) is 16.2. The van der Waals surface area contributed by atoms with Crippen LogP contribution in [0.5, 0.6) is 0 Å². The van der Waals surface area contributed by atoms with Crippen LogP contribution in [0, 0.1) is 0 Å². The van der Waals surface area contributed by atoms with Crippen molar-refractivity contribution >= 4 is 5.91 Å². The van der Waals surface area contributed by atoms with E-state index in [9.17, 15) is 4.79 Å². The summed E-state index contributed by atoms with van der Waals surface area (Å²) >= 11 is 0. The Balaban J connectivity index is 1.94. The van der Waals surface area contributed by atoms with E-state index in [1.165, 1.54) is 0 Å². The predicted octanol–water partition coefficient (Wildman–Crippen LogP) is 2.48. The molecule has 1 fully saturated rings. The van der Waals surface area contributed by atoms with Gasteiger partial charge in [0.05, 0.1) is 11.4 Å². The number of aryl methyl sites for hydroxylation is 1. The van der Waals surface area contributed by atoms with Crippen molar-refractivity contribution in [3.63, 3.8) is 0 Å². The molecule has 1 amide bonds. The lowest BCUT2D eigenvalue weighted by atomic mass is 9.92. The lowest BCUT2D eigenvalue weighted by molar-refractivity contribution is -0.130. The maximum atomic E-state index is 11.7. The second kappa shape index (κ2) is 6.89. The number of rotatable bonds is 4. The number of hydrogen-bond donors (Lipinski definition) is 0. The molecule has 0 bridgehead atoms. The van der Waals surface area contributed by atoms with Gasteiger partial charge in [0.25, 0.3) is 0 Å². The number of aromatic nitrogens is 4. The van der Waals surface area contributed by atoms with Gasteiger partial charge in [0, 0.05) is 51.1 Å². The van der Waals surface area contributed by atoms with Gasteiger partial charge in [0.15, 0.2) is 0 Å². The van der Waals surface area contributed by atoms with Gasteiger partial charge in [-0.1, -0.05) is 6.92 Å². The summed E-state index contributed by atoms with van der Waals surface area (Å²) in [4.78, 5) is 22.8. The Morgan fingerprint density at radius 1 is 1.30 bits per heavy atom. The van der Waals surface area contributed by atoms with Gasteiger partial charge in [0.1, 0.15) is 5.69 Å². The van der Waals surface area contributed by atoms with Crippen LogP contribution in [0.1, 0.15) is 44.7 Å². The second-order valence-electron chi connectivity index (χ2n) is 6.03. The van der Waals surface area contributed by atoms with Crippen LogP contribution in [0.4, 0.5) is 0 Å². The van der Waals surface area contributed by atoms with Crippen LogP contribution < -0.4 is 0 Å². The van der Waals surface area contributed by atoms with Crippen LogP contribution in [-0.2, 0) is 11.3 Å². The highest BCUT2D eigenvalue weighted by molar-refractivity contribution is 5.73. The molecule has 6 nitrogen and oxygen atoms in total. The maximum absolute atomic E-state index is 11.7. The van der Waals surface area contributed by atoms with Crippen molar-refractivity contribution in [2.75, 3.05) is 13.1 Å². The van der Waals surface area contributed by atoms with Gasteiger partial charge < -0.3 is 4.90 Å². The number of nitrogens with zero attached hydrogens (tertiary/aromatic N) is 5. The van der Waals surface area contributed by atoms with Gasteiger partial charge in [0.2, 0.25) is 5.91 Å². The van der Waals surface area contributed by atoms with Crippen LogP contribution in [0.3, 0.4) is 0 Å². The Morgan fingerprint density at radius 2 is 2.13 bits per heavy atom. The minimum atomic E-state index is 0.135. The van der Waals surface area contributed by atoms with E-state index in [2.05, 4.69) is 22.0 Å². The molecule has 1 aliphatic rings. The Hall–Kier alpha value is -2.24. The molecule has 1 aliphatic heterocycles. The Kier molecular flexibility index (Phi) is 4.69. The summed E-state index contributed by atoms with van der Waals surface area (Å²) in [7, 11) is 0. The third-order valence-corrected chi connectivity index (χ3v) is 4.37. The molecular weight excluding hydrogens is 290 g/mol. The number of hydrogen-bond acceptors (Lipinski definition) is 4. The van der Waals surface area contributed by atoms with E-state index in [0.29, 0.717) is 0 Å². The van der Waals surface area contributed by atoms with E-state index >= 15 is 0 Å². The predicted molar refractivity (Wildman–Crippen MR) is 87.8 cm³/mol. The molecule has 1 saturated heterocycles. The van der Waals surface area contributed by atoms with Crippen LogP contribution >= 0.6 is 0 Å². The van der Waals surface area contributed by atoms with E-state index in [1.807, 2.05) is 21.8 Å². The quantitative estimate of drug-likeness (QED) is 0.870. The summed E-state index contributed by atoms with van der Waals surface area (Å²) in [6, 6.07) is 1.99. The Bertz CT molecular complexity index is 681. The highest BCUT2D eigenvalue weighted by atomic mass is 16.2. The molecule has 23 heavy (non-hydrogen) atoms. The molecule has 3 rings (SSSR count). The van der Waals surface area contributed by atoms with Crippen LogP contribution in [-0.4, -0.2) is 43.6 Å². The van der Waals surface area contributed by atoms with Crippen molar-refractivity contribution in [1.82, 2.24) is 24.6 Å². The van der Waals surface area contributed by atoms with Crippen molar-refractivity contribution in [2.45, 2.75) is 45.6 Å². The first-order chi connectivity index (χ1) is 11.2. The average molecular weight is 313 g/mol. The van der Waals surface area contributed by atoms with E-state index < -0.39 is 0 Å². The first-order valence-corrected chi connectivity index (χ1v) is 8.29. The second-order valence-corrected chi connectivity index (χ2v) is 6.03. The average Bonchev–Trinajstić information content (AvgIpc) is 3.03. The van der Waals surface area contributed by atoms with Crippen molar-refractivity contribution in [3.05, 3.63) is 30.4 Å². The van der Waals surface area contributed by atoms with Crippen molar-refractivity contribution in [2.24, 2.45) is 0 Å². The molecule has 0 N–H and O–H groups in total. The summed E-state index contributed by atoms with van der Waals surface area (Å²) in [5.41, 5.74) is 2.89. The molecule has 122 valence electrons. The van der Waals surface area contributed by atoms with Gasteiger partial charge in [-0.25, -0.2) is 0 Å². The first-order valence-electron chi connectivity index (χ1n) is 8.29. The highest BCUT2D eigenvalue weighted by Gasteiger charge is 2.27. The number of amides is 1. The summed E-state index contributed by atoms with van der Waals surface area (Å²) in [5.74, 6) is 0.373. The van der Waals surface area contributed by atoms with Gasteiger partial charge >= 0.3 is 0 Å². The standard InChI is InChI=1S/C17H23N5O/c1-3-10-22-15(6-7-20-22)17-16(18-8-9-19-17)14-5-4-11-21(12-14)13(2)23/h6-9,14H,3-5,10-12H2,1-2H3/t14-/m0/s1. The first kappa shape index (κ1) is 15.6. The number of likely N-dealkylation sites (tertiary alicyclic amines) is 1. The zero-order valence-corrected chi connectivity index (χ0v) is 13.8. The molecule has 1 atom stereocenters. The molecule has 0 unspecified atom stereocenters. The number of piperidine rings is 1. The fraction of sp³-hybridized carbons (Fsp3) is 0.529. The molecule has 2 aromatic heterocycles. The summed E-state index contributed by atoms with van der Waals surface area (Å²) in [6.45, 7) is 6.20. The lowest BCUT2D eigenvalue weighted by Gasteiger charge is -2.32. The van der Waals surface area contributed by atoms with Crippen molar-refractivity contribution < 1.29 is 4.79 Å². The van der Waals surface area contributed by atoms with Crippen LogP contribution in [0.25, 0.3) is 11.4 Å². The molecule has 0 aliphatic carbocycles. The highest BCUT2D eigenvalue weighted by Crippen LogP contribution is 2.31. The molecule has 0 spiro atoms. The third-order valence-electron chi connectivity index (χ3n) is 4.37. The van der Waals surface area contributed by atoms with Crippen LogP contribution in [0.15, 0.2) is 24.7 Å². The minimum Gasteiger partial charge on any atom is -0.342 e. The Labute approximate surface area is 136 Å². The van der Waals surface area contributed by atoms with Gasteiger partial charge in [-0.15, -0.1) is 0 Å². The molecule has 2 aromatic rings. The minimum absolute atomic E-state index is 0.135. The number of carbonyl (C=O) groups is 1. The van der Waals surface area contributed by atoms with Gasteiger partial charge in [-0.2, -0.15) is 5.10 Å². The van der Waals surface area contributed by atoms with Crippen molar-refractivity contribution in [1.29, 1.82) is 0 Å². The molecular formula is C17H23N5O. The van der Waals surface area contributed by atoms with E-state index in [4.69, 9.17) is 0 Å². The van der Waals surface area contributed by atoms with Crippen LogP contribution in [0.2, 0.25) is 0 Å². The smallest absolute Gasteiger partial charge is 0.219 e. The van der Waals surface area contributed by atoms with E-state index in [1.54, 1.807) is 19.3 Å². The topological polar surface area (TPSA) is 63.9 Å². The maximum Gasteiger partial charge on any atom is 0.219 e. The van der Waals surface area contributed by atoms with Gasteiger partial charge in [-0.05, 0) is 25.3 Å². The summed E-state index contributed by atoms with van der Waals surface area (Å²) < 4.78 is 1.99. The SMILES string of the molecule is CCCn1nccc1-c1nccnc1[C@H]1CCCN(C(C)=O)C1. The fourth-order valence-electron chi connectivity index (χ4n) is 3.26. The van der Waals surface area contributed by atoms with Gasteiger partial charge in [-0.3, -0.25) is 19.4 Å². The molecule has 6 heteroatoms. The zero-order valence-electron chi connectivity index (χ0n) is 13.8. The fourth-order valence-corrected chi connectivity index (χ4v) is 3.26. The third kappa shape index (κ3) is 3.25.